The van der Waals surface area contributed by atoms with E-state index in [1.54, 1.807) is 0 Å². The summed E-state index contributed by atoms with van der Waals surface area (Å²) in [6, 6.07) is 20.7. The molecule has 3 rings (SSSR count). The Balaban J connectivity index is 1.99. The number of rotatable bonds is 4. The van der Waals surface area contributed by atoms with Crippen molar-refractivity contribution >= 4 is 5.78 Å². The van der Waals surface area contributed by atoms with Gasteiger partial charge in [0.1, 0.15) is 0 Å². The number of ketones is 1. The third kappa shape index (κ3) is 3.42. The highest BCUT2D eigenvalue weighted by atomic mass is 16.1. The quantitative estimate of drug-likeness (QED) is 0.828. The van der Waals surface area contributed by atoms with Crippen LogP contribution in [-0.2, 0) is 4.79 Å². The van der Waals surface area contributed by atoms with Gasteiger partial charge in [-0.15, -0.1) is 0 Å². The molecule has 0 N–H and O–H groups in total. The largest absolute Gasteiger partial charge is 0.359 e. The summed E-state index contributed by atoms with van der Waals surface area (Å²) in [5.74, 6) is 0.203. The van der Waals surface area contributed by atoms with Gasteiger partial charge in [0.15, 0.2) is 5.78 Å². The molecular formula is C21H21NO. The van der Waals surface area contributed by atoms with Crippen LogP contribution in [0, 0.1) is 0 Å². The molecule has 0 aromatic heterocycles. The molecule has 0 bridgehead atoms. The van der Waals surface area contributed by atoms with Gasteiger partial charge in [0, 0.05) is 6.20 Å². The molecule has 2 nitrogen and oxygen atoms in total. The number of Topliss-reactive ketones (excluding diaryl/α,β-unsaturated/α-hetero) is 1. The zero-order chi connectivity index (χ0) is 16.1. The maximum absolute atomic E-state index is 12.5. The van der Waals surface area contributed by atoms with E-state index in [1.165, 1.54) is 11.1 Å². The van der Waals surface area contributed by atoms with Gasteiger partial charge in [-0.2, -0.15) is 0 Å². The zero-order valence-electron chi connectivity index (χ0n) is 13.4. The van der Waals surface area contributed by atoms with E-state index in [0.29, 0.717) is 6.54 Å². The Labute approximate surface area is 137 Å². The molecule has 0 amide bonds. The van der Waals surface area contributed by atoms with E-state index in [0.717, 1.165) is 12.0 Å². The van der Waals surface area contributed by atoms with Crippen LogP contribution in [0.25, 0.3) is 0 Å². The number of allylic oxidation sites excluding steroid dienone is 2. The van der Waals surface area contributed by atoms with Gasteiger partial charge in [0.2, 0.25) is 0 Å². The van der Waals surface area contributed by atoms with E-state index < -0.39 is 0 Å². The first-order valence-corrected chi connectivity index (χ1v) is 8.06. The number of benzene rings is 2. The van der Waals surface area contributed by atoms with Gasteiger partial charge in [0.25, 0.3) is 0 Å². The van der Waals surface area contributed by atoms with Crippen molar-refractivity contribution in [1.82, 2.24) is 4.90 Å². The molecule has 0 saturated carbocycles. The monoisotopic (exact) mass is 303 g/mol. The summed E-state index contributed by atoms with van der Waals surface area (Å²) < 4.78 is 0. The van der Waals surface area contributed by atoms with Crippen LogP contribution in [0.5, 0.6) is 0 Å². The minimum atomic E-state index is 0.0437. The summed E-state index contributed by atoms with van der Waals surface area (Å²) in [4.78, 5) is 14.6. The first-order chi connectivity index (χ1) is 11.3. The zero-order valence-corrected chi connectivity index (χ0v) is 13.4. The van der Waals surface area contributed by atoms with Crippen LogP contribution in [0.3, 0.4) is 0 Å². The summed E-state index contributed by atoms with van der Waals surface area (Å²) in [6.07, 6.45) is 6.74. The van der Waals surface area contributed by atoms with Crippen molar-refractivity contribution in [3.8, 4) is 0 Å². The second-order valence-corrected chi connectivity index (χ2v) is 5.71. The lowest BCUT2D eigenvalue weighted by molar-refractivity contribution is -0.116. The molecule has 1 heterocycles. The minimum absolute atomic E-state index is 0.0437. The van der Waals surface area contributed by atoms with Crippen LogP contribution in [0.4, 0.5) is 0 Å². The van der Waals surface area contributed by atoms with Crippen LogP contribution < -0.4 is 0 Å². The third-order valence-electron chi connectivity index (χ3n) is 4.20. The normalized spacial score (nSPS) is 14.8. The molecule has 0 fully saturated rings. The summed E-state index contributed by atoms with van der Waals surface area (Å²) in [7, 11) is 0. The summed E-state index contributed by atoms with van der Waals surface area (Å²) >= 11 is 0. The van der Waals surface area contributed by atoms with Gasteiger partial charge in [-0.05, 0) is 29.2 Å². The van der Waals surface area contributed by atoms with Crippen molar-refractivity contribution in [3.05, 3.63) is 95.7 Å². The number of carbonyl (C=O) groups excluding carboxylic acids is 1. The number of hydrogen-bond donors (Lipinski definition) is 0. The van der Waals surface area contributed by atoms with Gasteiger partial charge in [-0.25, -0.2) is 0 Å². The molecule has 0 aliphatic carbocycles. The van der Waals surface area contributed by atoms with E-state index in [1.807, 2.05) is 61.7 Å². The van der Waals surface area contributed by atoms with Gasteiger partial charge >= 0.3 is 0 Å². The van der Waals surface area contributed by atoms with Gasteiger partial charge in [-0.3, -0.25) is 4.79 Å². The lowest BCUT2D eigenvalue weighted by atomic mass is 9.97. The molecule has 2 aromatic carbocycles. The molecule has 0 saturated heterocycles. The van der Waals surface area contributed by atoms with Crippen LogP contribution in [0.15, 0.2) is 84.6 Å². The van der Waals surface area contributed by atoms with Crippen LogP contribution in [0.1, 0.15) is 30.5 Å². The summed E-state index contributed by atoms with van der Waals surface area (Å²) in [6.45, 7) is 2.43. The minimum Gasteiger partial charge on any atom is -0.359 e. The van der Waals surface area contributed by atoms with Crippen molar-refractivity contribution in [3.63, 3.8) is 0 Å². The first-order valence-electron chi connectivity index (χ1n) is 8.06. The molecule has 1 aliphatic heterocycles. The fourth-order valence-corrected chi connectivity index (χ4v) is 3.02. The molecular weight excluding hydrogens is 282 g/mol. The number of carbonyl (C=O) groups is 1. The second kappa shape index (κ2) is 7.10. The molecule has 116 valence electrons. The fourth-order valence-electron chi connectivity index (χ4n) is 3.02. The molecule has 0 atom stereocenters. The highest BCUT2D eigenvalue weighted by Crippen LogP contribution is 2.30. The predicted molar refractivity (Wildman–Crippen MR) is 94.0 cm³/mol. The van der Waals surface area contributed by atoms with Crippen LogP contribution in [-0.4, -0.2) is 17.2 Å². The Morgan fingerprint density at radius 2 is 1.52 bits per heavy atom. The van der Waals surface area contributed by atoms with E-state index >= 15 is 0 Å². The summed E-state index contributed by atoms with van der Waals surface area (Å²) in [5, 5.41) is 0. The predicted octanol–water partition coefficient (Wildman–Crippen LogP) is 4.51. The molecule has 0 radical (unpaired) electrons. The van der Waals surface area contributed by atoms with Crippen molar-refractivity contribution in [2.75, 3.05) is 6.54 Å². The molecule has 0 spiro atoms. The van der Waals surface area contributed by atoms with E-state index in [2.05, 4.69) is 29.2 Å². The van der Waals surface area contributed by atoms with Gasteiger partial charge < -0.3 is 4.90 Å². The standard InChI is InChI=1S/C21H21NO/c1-2-17-14-9-15-22(16-20(17)23)21(18-10-5-3-6-11-18)19-12-7-4-8-13-19/h3-15,21H,2,16H2,1H3. The molecule has 23 heavy (non-hydrogen) atoms. The number of nitrogens with zero attached hydrogens (tertiary/aromatic N) is 1. The van der Waals surface area contributed by atoms with Crippen LogP contribution in [0.2, 0.25) is 0 Å². The van der Waals surface area contributed by atoms with E-state index in [4.69, 9.17) is 0 Å². The van der Waals surface area contributed by atoms with E-state index in [-0.39, 0.29) is 11.8 Å². The lowest BCUT2D eigenvalue weighted by Crippen LogP contribution is -2.30. The van der Waals surface area contributed by atoms with Gasteiger partial charge in [0.05, 0.1) is 12.6 Å². The maximum Gasteiger partial charge on any atom is 0.178 e. The van der Waals surface area contributed by atoms with E-state index in [9.17, 15) is 4.79 Å². The first kappa shape index (κ1) is 15.3. The SMILES string of the molecule is CCC1=CC=CN(C(c2ccccc2)c2ccccc2)CC1=O. The topological polar surface area (TPSA) is 20.3 Å². The Morgan fingerprint density at radius 1 is 0.957 bits per heavy atom. The van der Waals surface area contributed by atoms with Crippen molar-refractivity contribution in [1.29, 1.82) is 0 Å². The average molecular weight is 303 g/mol. The molecule has 2 aromatic rings. The molecule has 2 heteroatoms. The average Bonchev–Trinajstić information content (AvgIpc) is 2.78. The Kier molecular flexibility index (Phi) is 4.72. The highest BCUT2D eigenvalue weighted by Gasteiger charge is 2.23. The molecule has 0 unspecified atom stereocenters. The van der Waals surface area contributed by atoms with Crippen molar-refractivity contribution in [2.45, 2.75) is 19.4 Å². The van der Waals surface area contributed by atoms with Gasteiger partial charge in [-0.1, -0.05) is 73.7 Å². The summed E-state index contributed by atoms with van der Waals surface area (Å²) in [5.41, 5.74) is 3.27. The Bertz CT molecular complexity index is 677. The Hall–Kier alpha value is -2.61. The highest BCUT2D eigenvalue weighted by molar-refractivity contribution is 5.97. The molecule has 1 aliphatic rings. The second-order valence-electron chi connectivity index (χ2n) is 5.71. The number of hydrogen-bond acceptors (Lipinski definition) is 2. The lowest BCUT2D eigenvalue weighted by Gasteiger charge is -2.30. The third-order valence-corrected chi connectivity index (χ3v) is 4.20. The Morgan fingerprint density at radius 3 is 2.04 bits per heavy atom. The smallest absolute Gasteiger partial charge is 0.178 e. The fraction of sp³-hybridized carbons (Fsp3) is 0.190. The van der Waals surface area contributed by atoms with Crippen molar-refractivity contribution in [2.24, 2.45) is 0 Å². The van der Waals surface area contributed by atoms with Crippen LogP contribution >= 0.6 is 0 Å². The maximum atomic E-state index is 12.5. The van der Waals surface area contributed by atoms with Crippen molar-refractivity contribution < 1.29 is 4.79 Å².